The van der Waals surface area contributed by atoms with E-state index in [0.29, 0.717) is 11.4 Å². The lowest BCUT2D eigenvalue weighted by Crippen LogP contribution is -2.41. The second-order valence-corrected chi connectivity index (χ2v) is 5.43. The van der Waals surface area contributed by atoms with Gasteiger partial charge in [0.1, 0.15) is 5.69 Å². The highest BCUT2D eigenvalue weighted by Gasteiger charge is 2.24. The molecule has 3 rings (SSSR count). The van der Waals surface area contributed by atoms with E-state index in [9.17, 15) is 4.79 Å². The van der Waals surface area contributed by atoms with Gasteiger partial charge in [-0.05, 0) is 31.9 Å². The number of benzene rings is 1. The molecule has 5 nitrogen and oxygen atoms in total. The summed E-state index contributed by atoms with van der Waals surface area (Å²) >= 11 is 0. The van der Waals surface area contributed by atoms with Crippen molar-refractivity contribution < 1.29 is 9.53 Å². The van der Waals surface area contributed by atoms with E-state index < -0.39 is 0 Å². The van der Waals surface area contributed by atoms with Crippen LogP contribution >= 0.6 is 0 Å². The van der Waals surface area contributed by atoms with Gasteiger partial charge in [0.05, 0.1) is 17.7 Å². The van der Waals surface area contributed by atoms with E-state index in [-0.39, 0.29) is 18.1 Å². The number of nitrogen functional groups attached to an aromatic ring is 1. The Morgan fingerprint density at radius 3 is 3.05 bits per heavy atom. The van der Waals surface area contributed by atoms with Gasteiger partial charge in [-0.1, -0.05) is 18.2 Å². The van der Waals surface area contributed by atoms with Crippen LogP contribution in [0.1, 0.15) is 30.3 Å². The highest BCUT2D eigenvalue weighted by atomic mass is 16.5. The minimum atomic E-state index is -0.213. The highest BCUT2D eigenvalue weighted by molar-refractivity contribution is 5.99. The fourth-order valence-electron chi connectivity index (χ4n) is 2.69. The second-order valence-electron chi connectivity index (χ2n) is 5.43. The summed E-state index contributed by atoms with van der Waals surface area (Å²) in [6.45, 7) is 2.73. The number of carbonyl (C=O) groups excluding carboxylic acids is 1. The monoisotopic (exact) mass is 285 g/mol. The van der Waals surface area contributed by atoms with Crippen molar-refractivity contribution in [2.45, 2.75) is 31.9 Å². The van der Waals surface area contributed by atoms with Crippen molar-refractivity contribution in [3.05, 3.63) is 36.0 Å². The summed E-state index contributed by atoms with van der Waals surface area (Å²) in [4.78, 5) is 16.7. The van der Waals surface area contributed by atoms with Gasteiger partial charge >= 0.3 is 0 Å². The largest absolute Gasteiger partial charge is 0.398 e. The van der Waals surface area contributed by atoms with Crippen LogP contribution in [0, 0.1) is 0 Å². The van der Waals surface area contributed by atoms with Crippen LogP contribution in [0.5, 0.6) is 0 Å². The standard InChI is InChI=1S/C16H19N3O2/c1-10(15-7-4-8-21-15)18-16(20)14-9-12(17)11-5-2-3-6-13(11)19-14/h2-3,5-6,9-10,15H,4,7-8H2,1H3,(H2,17,19)(H,18,20). The number of fused-ring (bicyclic) bond motifs is 1. The summed E-state index contributed by atoms with van der Waals surface area (Å²) in [6, 6.07) is 9.13. The van der Waals surface area contributed by atoms with Crippen LogP contribution in [0.2, 0.25) is 0 Å². The molecule has 110 valence electrons. The van der Waals surface area contributed by atoms with Gasteiger partial charge in [-0.25, -0.2) is 4.98 Å². The van der Waals surface area contributed by atoms with E-state index in [1.54, 1.807) is 6.07 Å². The summed E-state index contributed by atoms with van der Waals surface area (Å²) in [6.07, 6.45) is 2.12. The van der Waals surface area contributed by atoms with Gasteiger partial charge in [0.15, 0.2) is 0 Å². The summed E-state index contributed by atoms with van der Waals surface area (Å²) < 4.78 is 5.59. The van der Waals surface area contributed by atoms with E-state index in [4.69, 9.17) is 10.5 Å². The van der Waals surface area contributed by atoms with Crippen LogP contribution in [-0.2, 0) is 4.74 Å². The van der Waals surface area contributed by atoms with Crippen LogP contribution in [0.15, 0.2) is 30.3 Å². The lowest BCUT2D eigenvalue weighted by Gasteiger charge is -2.19. The number of hydrogen-bond donors (Lipinski definition) is 2. The smallest absolute Gasteiger partial charge is 0.270 e. The molecular formula is C16H19N3O2. The number of hydrogen-bond acceptors (Lipinski definition) is 4. The van der Waals surface area contributed by atoms with Crippen molar-refractivity contribution in [1.29, 1.82) is 0 Å². The Hall–Kier alpha value is -2.14. The minimum Gasteiger partial charge on any atom is -0.398 e. The molecule has 0 saturated carbocycles. The number of nitrogens with one attached hydrogen (secondary N) is 1. The number of nitrogens with two attached hydrogens (primary N) is 1. The molecule has 1 saturated heterocycles. The van der Waals surface area contributed by atoms with Crippen LogP contribution in [-0.4, -0.2) is 29.6 Å². The molecule has 1 aliphatic rings. The Kier molecular flexibility index (Phi) is 3.75. The van der Waals surface area contributed by atoms with Crippen molar-refractivity contribution in [2.75, 3.05) is 12.3 Å². The van der Waals surface area contributed by atoms with E-state index in [1.807, 2.05) is 31.2 Å². The summed E-state index contributed by atoms with van der Waals surface area (Å²) in [5, 5.41) is 3.81. The Bertz CT molecular complexity index is 666. The first kappa shape index (κ1) is 13.8. The number of para-hydroxylation sites is 1. The third-order valence-corrected chi connectivity index (χ3v) is 3.86. The van der Waals surface area contributed by atoms with Crippen molar-refractivity contribution >= 4 is 22.5 Å². The van der Waals surface area contributed by atoms with Crippen molar-refractivity contribution in [1.82, 2.24) is 10.3 Å². The van der Waals surface area contributed by atoms with Crippen molar-refractivity contribution in [2.24, 2.45) is 0 Å². The van der Waals surface area contributed by atoms with Gasteiger partial charge < -0.3 is 15.8 Å². The zero-order valence-corrected chi connectivity index (χ0v) is 12.0. The third-order valence-electron chi connectivity index (χ3n) is 3.86. The fourth-order valence-corrected chi connectivity index (χ4v) is 2.69. The molecule has 2 unspecified atom stereocenters. The van der Waals surface area contributed by atoms with Gasteiger partial charge in [-0.15, -0.1) is 0 Å². The van der Waals surface area contributed by atoms with Crippen LogP contribution in [0.25, 0.3) is 10.9 Å². The van der Waals surface area contributed by atoms with E-state index >= 15 is 0 Å². The zero-order chi connectivity index (χ0) is 14.8. The lowest BCUT2D eigenvalue weighted by molar-refractivity contribution is 0.0710. The van der Waals surface area contributed by atoms with Crippen LogP contribution in [0.3, 0.4) is 0 Å². The maximum Gasteiger partial charge on any atom is 0.270 e. The highest BCUT2D eigenvalue weighted by Crippen LogP contribution is 2.20. The topological polar surface area (TPSA) is 77.2 Å². The number of amides is 1. The summed E-state index contributed by atoms with van der Waals surface area (Å²) in [5.74, 6) is -0.213. The number of rotatable bonds is 3. The molecule has 2 atom stereocenters. The Morgan fingerprint density at radius 1 is 1.48 bits per heavy atom. The maximum absolute atomic E-state index is 12.3. The number of ether oxygens (including phenoxy) is 1. The predicted molar refractivity (Wildman–Crippen MR) is 82.1 cm³/mol. The number of carbonyl (C=O) groups is 1. The fraction of sp³-hybridized carbons (Fsp3) is 0.375. The second kappa shape index (κ2) is 5.69. The van der Waals surface area contributed by atoms with Gasteiger partial charge in [0, 0.05) is 17.7 Å². The number of nitrogens with zero attached hydrogens (tertiary/aromatic N) is 1. The summed E-state index contributed by atoms with van der Waals surface area (Å²) in [7, 11) is 0. The number of aromatic nitrogens is 1. The van der Waals surface area contributed by atoms with Gasteiger partial charge in [0.2, 0.25) is 0 Å². The Balaban J connectivity index is 1.81. The first-order chi connectivity index (χ1) is 10.1. The van der Waals surface area contributed by atoms with Gasteiger partial charge in [-0.3, -0.25) is 4.79 Å². The molecule has 0 radical (unpaired) electrons. The summed E-state index contributed by atoms with van der Waals surface area (Å²) in [5.41, 5.74) is 7.64. The van der Waals surface area contributed by atoms with Gasteiger partial charge in [0.25, 0.3) is 5.91 Å². The number of anilines is 1. The van der Waals surface area contributed by atoms with E-state index in [0.717, 1.165) is 30.4 Å². The predicted octanol–water partition coefficient (Wildman–Crippen LogP) is 2.11. The molecule has 0 bridgehead atoms. The first-order valence-corrected chi connectivity index (χ1v) is 7.23. The van der Waals surface area contributed by atoms with Gasteiger partial charge in [-0.2, -0.15) is 0 Å². The molecule has 1 aromatic carbocycles. The molecule has 0 aliphatic carbocycles. The molecule has 21 heavy (non-hydrogen) atoms. The quantitative estimate of drug-likeness (QED) is 0.905. The lowest BCUT2D eigenvalue weighted by atomic mass is 10.1. The maximum atomic E-state index is 12.3. The zero-order valence-electron chi connectivity index (χ0n) is 12.0. The molecule has 0 spiro atoms. The van der Waals surface area contributed by atoms with Crippen LogP contribution < -0.4 is 11.1 Å². The third kappa shape index (κ3) is 2.83. The molecule has 1 aromatic heterocycles. The molecule has 3 N–H and O–H groups in total. The Morgan fingerprint density at radius 2 is 2.29 bits per heavy atom. The molecule has 1 aliphatic heterocycles. The molecule has 1 fully saturated rings. The molecule has 1 amide bonds. The normalized spacial score (nSPS) is 19.6. The first-order valence-electron chi connectivity index (χ1n) is 7.23. The molecule has 2 aromatic rings. The number of pyridine rings is 1. The molecule has 5 heteroatoms. The minimum absolute atomic E-state index is 0.0329. The molecule has 2 heterocycles. The van der Waals surface area contributed by atoms with Crippen molar-refractivity contribution in [3.8, 4) is 0 Å². The Labute approximate surface area is 123 Å². The van der Waals surface area contributed by atoms with Crippen molar-refractivity contribution in [3.63, 3.8) is 0 Å². The molecular weight excluding hydrogens is 266 g/mol. The average Bonchev–Trinajstić information content (AvgIpc) is 3.01. The SMILES string of the molecule is CC(NC(=O)c1cc(N)c2ccccc2n1)C1CCCO1. The van der Waals surface area contributed by atoms with E-state index in [2.05, 4.69) is 10.3 Å². The van der Waals surface area contributed by atoms with Crippen LogP contribution in [0.4, 0.5) is 5.69 Å². The van der Waals surface area contributed by atoms with E-state index in [1.165, 1.54) is 0 Å². The average molecular weight is 285 g/mol.